The highest BCUT2D eigenvalue weighted by Gasteiger charge is 2.37. The fourth-order valence-electron chi connectivity index (χ4n) is 3.68. The van der Waals surface area contributed by atoms with Gasteiger partial charge < -0.3 is 10.0 Å². The Morgan fingerprint density at radius 3 is 2.81 bits per heavy atom. The van der Waals surface area contributed by atoms with Gasteiger partial charge in [0.05, 0.1) is 10.6 Å². The van der Waals surface area contributed by atoms with Gasteiger partial charge in [-0.05, 0) is 40.8 Å². The molecule has 3 aromatic rings. The van der Waals surface area contributed by atoms with E-state index in [0.29, 0.717) is 22.7 Å². The Bertz CT molecular complexity index is 975. The molecule has 1 aliphatic rings. The van der Waals surface area contributed by atoms with Gasteiger partial charge in [0.1, 0.15) is 11.9 Å². The Balaban J connectivity index is 1.89. The second-order valence-electron chi connectivity index (χ2n) is 6.57. The van der Waals surface area contributed by atoms with Crippen LogP contribution in [0, 0.1) is 5.82 Å². The van der Waals surface area contributed by atoms with Crippen LogP contribution in [0.1, 0.15) is 28.0 Å². The van der Waals surface area contributed by atoms with Crippen LogP contribution < -0.4 is 0 Å². The number of thiophene rings is 1. The van der Waals surface area contributed by atoms with Gasteiger partial charge in [0.2, 0.25) is 0 Å². The van der Waals surface area contributed by atoms with Crippen LogP contribution in [0.3, 0.4) is 0 Å². The quantitative estimate of drug-likeness (QED) is 0.661. The van der Waals surface area contributed by atoms with Crippen molar-refractivity contribution in [3.05, 3.63) is 92.7 Å². The van der Waals surface area contributed by atoms with Crippen molar-refractivity contribution in [2.24, 2.45) is 0 Å². The molecule has 3 nitrogen and oxygen atoms in total. The lowest BCUT2D eigenvalue weighted by atomic mass is 9.86. The number of pyridine rings is 1. The number of hydrogen-bond donors (Lipinski definition) is 1. The second kappa shape index (κ2) is 7.43. The highest BCUT2D eigenvalue weighted by atomic mass is 35.5. The largest absolute Gasteiger partial charge is 0.384 e. The minimum Gasteiger partial charge on any atom is -0.384 e. The van der Waals surface area contributed by atoms with Gasteiger partial charge in [-0.1, -0.05) is 29.8 Å². The molecule has 0 saturated heterocycles. The molecule has 6 heteroatoms. The predicted octanol–water partition coefficient (Wildman–Crippen LogP) is 5.11. The molecule has 1 N–H and O–H groups in total. The Kier molecular flexibility index (Phi) is 5.00. The molecular formula is C21H18ClFN2OS. The summed E-state index contributed by atoms with van der Waals surface area (Å²) < 4.78 is 14.7. The Morgan fingerprint density at radius 1 is 1.30 bits per heavy atom. The molecule has 0 bridgehead atoms. The number of benzene rings is 1. The maximum absolute atomic E-state index is 14.7. The van der Waals surface area contributed by atoms with Gasteiger partial charge in [0.25, 0.3) is 0 Å². The van der Waals surface area contributed by atoms with E-state index in [1.54, 1.807) is 41.9 Å². The number of aliphatic hydroxyl groups excluding tert-OH is 1. The number of aromatic nitrogens is 1. The molecule has 0 radical (unpaired) electrons. The number of nitrogens with zero attached hydrogens (tertiary/aromatic N) is 2. The van der Waals surface area contributed by atoms with Crippen LogP contribution in [0.25, 0.3) is 5.70 Å². The van der Waals surface area contributed by atoms with E-state index >= 15 is 0 Å². The highest BCUT2D eigenvalue weighted by molar-refractivity contribution is 7.11. The average molecular weight is 401 g/mol. The normalized spacial score (nSPS) is 18.2. The van der Waals surface area contributed by atoms with Crippen molar-refractivity contribution in [2.75, 3.05) is 13.6 Å². The van der Waals surface area contributed by atoms with Gasteiger partial charge in [-0.15, -0.1) is 11.3 Å². The van der Waals surface area contributed by atoms with Crippen molar-refractivity contribution in [3.63, 3.8) is 0 Å². The molecule has 2 aromatic heterocycles. The Labute approximate surface area is 166 Å². The molecule has 1 aromatic carbocycles. The molecule has 0 fully saturated rings. The van der Waals surface area contributed by atoms with Crippen LogP contribution in [-0.4, -0.2) is 28.6 Å². The van der Waals surface area contributed by atoms with E-state index in [1.807, 2.05) is 30.6 Å². The summed E-state index contributed by atoms with van der Waals surface area (Å²) in [6, 6.07) is 12.4. The van der Waals surface area contributed by atoms with E-state index in [0.717, 1.165) is 16.1 Å². The summed E-state index contributed by atoms with van der Waals surface area (Å²) in [5, 5.41) is 13.6. The number of halogens is 2. The molecule has 3 heterocycles. The van der Waals surface area contributed by atoms with Gasteiger partial charge >= 0.3 is 0 Å². The number of likely N-dealkylation sites (N-methyl/N-ethyl adjacent to an activating group) is 1. The maximum Gasteiger partial charge on any atom is 0.128 e. The Morgan fingerprint density at radius 2 is 2.15 bits per heavy atom. The molecule has 27 heavy (non-hydrogen) atoms. The fraction of sp³-hybridized carbons (Fsp3) is 0.190. The molecular weight excluding hydrogens is 383 g/mol. The molecule has 138 valence electrons. The SMILES string of the molecule is CN1CC(c2ccc(Cl)cc2F)C(C(O)c2cccnc2)=C1c1cccs1. The third-order valence-corrected chi connectivity index (χ3v) is 5.99. The van der Waals surface area contributed by atoms with Crippen molar-refractivity contribution in [1.29, 1.82) is 0 Å². The fourth-order valence-corrected chi connectivity index (χ4v) is 4.68. The van der Waals surface area contributed by atoms with E-state index in [9.17, 15) is 9.50 Å². The van der Waals surface area contributed by atoms with Crippen LogP contribution in [-0.2, 0) is 0 Å². The summed E-state index contributed by atoms with van der Waals surface area (Å²) in [5.74, 6) is -0.635. The standard InChI is InChI=1S/C21H18ClFN2OS/c1-25-12-16(15-7-6-14(22)10-17(15)23)19(20(25)18-5-3-9-27-18)21(26)13-4-2-8-24-11-13/h2-11,16,21,26H,12H2,1H3. The first-order valence-electron chi connectivity index (χ1n) is 8.58. The molecule has 1 aliphatic heterocycles. The zero-order valence-corrected chi connectivity index (χ0v) is 16.2. The first kappa shape index (κ1) is 18.2. The monoisotopic (exact) mass is 400 g/mol. The van der Waals surface area contributed by atoms with E-state index in [1.165, 1.54) is 6.07 Å². The van der Waals surface area contributed by atoms with E-state index < -0.39 is 6.10 Å². The molecule has 2 unspecified atom stereocenters. The number of hydrogen-bond acceptors (Lipinski definition) is 4. The molecule has 0 aliphatic carbocycles. The van der Waals surface area contributed by atoms with Crippen LogP contribution in [0.5, 0.6) is 0 Å². The second-order valence-corrected chi connectivity index (χ2v) is 7.95. The lowest BCUT2D eigenvalue weighted by Gasteiger charge is -2.21. The molecule has 4 rings (SSSR count). The number of rotatable bonds is 4. The van der Waals surface area contributed by atoms with Crippen LogP contribution in [0.4, 0.5) is 4.39 Å². The van der Waals surface area contributed by atoms with Crippen molar-refractivity contribution < 1.29 is 9.50 Å². The summed E-state index contributed by atoms with van der Waals surface area (Å²) in [6.45, 7) is 0.582. The van der Waals surface area contributed by atoms with Gasteiger partial charge in [-0.2, -0.15) is 0 Å². The molecule has 0 saturated carbocycles. The zero-order chi connectivity index (χ0) is 19.0. The van der Waals surface area contributed by atoms with E-state index in [2.05, 4.69) is 9.88 Å². The molecule has 0 spiro atoms. The minimum atomic E-state index is -0.874. The number of aliphatic hydroxyl groups is 1. The average Bonchev–Trinajstić information content (AvgIpc) is 3.29. The first-order valence-corrected chi connectivity index (χ1v) is 9.84. The summed E-state index contributed by atoms with van der Waals surface area (Å²) in [5.41, 5.74) is 2.96. The summed E-state index contributed by atoms with van der Waals surface area (Å²) in [6.07, 6.45) is 2.44. The van der Waals surface area contributed by atoms with Gasteiger partial charge in [-0.25, -0.2) is 4.39 Å². The topological polar surface area (TPSA) is 36.4 Å². The lowest BCUT2D eigenvalue weighted by Crippen LogP contribution is -2.16. The van der Waals surface area contributed by atoms with Crippen molar-refractivity contribution in [1.82, 2.24) is 9.88 Å². The smallest absolute Gasteiger partial charge is 0.128 e. The van der Waals surface area contributed by atoms with Crippen LogP contribution >= 0.6 is 22.9 Å². The third kappa shape index (κ3) is 3.38. The van der Waals surface area contributed by atoms with E-state index in [-0.39, 0.29) is 11.7 Å². The maximum atomic E-state index is 14.7. The van der Waals surface area contributed by atoms with Gasteiger partial charge in [-0.3, -0.25) is 4.98 Å². The lowest BCUT2D eigenvalue weighted by molar-refractivity contribution is 0.209. The van der Waals surface area contributed by atoms with Crippen LogP contribution in [0.15, 0.2) is 65.8 Å². The summed E-state index contributed by atoms with van der Waals surface area (Å²) in [7, 11) is 1.97. The molecule has 2 atom stereocenters. The van der Waals surface area contributed by atoms with Crippen LogP contribution in [0.2, 0.25) is 5.02 Å². The minimum absolute atomic E-state index is 0.278. The van der Waals surface area contributed by atoms with Crippen molar-refractivity contribution in [2.45, 2.75) is 12.0 Å². The summed E-state index contributed by atoms with van der Waals surface area (Å²) in [4.78, 5) is 7.26. The zero-order valence-electron chi connectivity index (χ0n) is 14.6. The van der Waals surface area contributed by atoms with E-state index in [4.69, 9.17) is 11.6 Å². The molecule has 0 amide bonds. The first-order chi connectivity index (χ1) is 13.1. The Hall–Kier alpha value is -2.21. The summed E-state index contributed by atoms with van der Waals surface area (Å²) >= 11 is 7.54. The van der Waals surface area contributed by atoms with Gasteiger partial charge in [0, 0.05) is 42.5 Å². The predicted molar refractivity (Wildman–Crippen MR) is 107 cm³/mol. The van der Waals surface area contributed by atoms with Gasteiger partial charge in [0.15, 0.2) is 0 Å². The third-order valence-electron chi connectivity index (χ3n) is 4.87. The van der Waals surface area contributed by atoms with Crippen molar-refractivity contribution >= 4 is 28.6 Å². The van der Waals surface area contributed by atoms with Crippen molar-refractivity contribution in [3.8, 4) is 0 Å². The highest BCUT2D eigenvalue weighted by Crippen LogP contribution is 2.47.